The van der Waals surface area contributed by atoms with Gasteiger partial charge < -0.3 is 15.0 Å². The van der Waals surface area contributed by atoms with E-state index in [0.29, 0.717) is 5.69 Å². The predicted molar refractivity (Wildman–Crippen MR) is 113 cm³/mol. The molecule has 4 rings (SSSR count). The van der Waals surface area contributed by atoms with Gasteiger partial charge in [-0.2, -0.15) is 0 Å². The first-order valence-corrected chi connectivity index (χ1v) is 9.92. The summed E-state index contributed by atoms with van der Waals surface area (Å²) in [6.45, 7) is 1.93. The molecule has 29 heavy (non-hydrogen) atoms. The Bertz CT molecular complexity index is 865. The van der Waals surface area contributed by atoms with Crippen LogP contribution in [0.2, 0.25) is 0 Å². The van der Waals surface area contributed by atoms with E-state index in [1.165, 1.54) is 6.07 Å². The molecule has 1 aliphatic carbocycles. The zero-order chi connectivity index (χ0) is 20.7. The van der Waals surface area contributed by atoms with Gasteiger partial charge in [0.2, 0.25) is 0 Å². The van der Waals surface area contributed by atoms with Crippen LogP contribution in [0.25, 0.3) is 0 Å². The number of aromatic nitrogens is 1. The number of halogens is 1. The quantitative estimate of drug-likeness (QED) is 0.594. The summed E-state index contributed by atoms with van der Waals surface area (Å²) in [6.07, 6.45) is 11.0. The Labute approximate surface area is 171 Å². The van der Waals surface area contributed by atoms with E-state index < -0.39 is 0 Å². The molecule has 0 amide bonds. The largest absolute Gasteiger partial charge is 0.496 e. The maximum atomic E-state index is 13.1. The Hall–Kier alpha value is -2.73. The zero-order valence-corrected chi connectivity index (χ0v) is 17.0. The molecule has 0 bridgehead atoms. The van der Waals surface area contributed by atoms with Crippen molar-refractivity contribution in [1.29, 1.82) is 0 Å². The van der Waals surface area contributed by atoms with Crippen LogP contribution in [0.3, 0.4) is 0 Å². The number of hydrogen-bond donors (Lipinski definition) is 1. The molecular weight excluding hydrogens is 369 g/mol. The first-order chi connectivity index (χ1) is 14.1. The number of carbonyl (C=O) groups is 1. The Balaban J connectivity index is 0.000000166. The van der Waals surface area contributed by atoms with E-state index in [1.54, 1.807) is 25.4 Å². The lowest BCUT2D eigenvalue weighted by Gasteiger charge is -2.25. The number of nitrogens with zero attached hydrogens (tertiary/aromatic N) is 2. The molecule has 154 valence electrons. The third-order valence-corrected chi connectivity index (χ3v) is 5.46. The molecule has 2 aromatic rings. The van der Waals surface area contributed by atoms with E-state index in [2.05, 4.69) is 27.4 Å². The highest BCUT2D eigenvalue weighted by atomic mass is 19.1. The van der Waals surface area contributed by atoms with Crippen LogP contribution >= 0.6 is 0 Å². The summed E-state index contributed by atoms with van der Waals surface area (Å²) < 4.78 is 18.3. The Morgan fingerprint density at radius 2 is 2.10 bits per heavy atom. The summed E-state index contributed by atoms with van der Waals surface area (Å²) >= 11 is 0. The molecule has 1 N–H and O–H groups in total. The number of rotatable bonds is 6. The molecule has 1 aliphatic heterocycles. The first-order valence-electron chi connectivity index (χ1n) is 9.92. The number of carbonyl (C=O) groups excluding carboxylic acids is 1. The fraction of sp³-hybridized carbons (Fsp3) is 0.391. The van der Waals surface area contributed by atoms with Crippen LogP contribution in [-0.4, -0.2) is 44.1 Å². The summed E-state index contributed by atoms with van der Waals surface area (Å²) in [5.74, 6) is 0.579. The molecule has 0 spiro atoms. The molecular formula is C23H28FN3O2. The molecule has 1 aromatic heterocycles. The molecule has 0 atom stereocenters. The number of anilines is 1. The summed E-state index contributed by atoms with van der Waals surface area (Å²) in [5.41, 5.74) is 2.70. The monoisotopic (exact) mass is 397 g/mol. The van der Waals surface area contributed by atoms with Gasteiger partial charge in [-0.05, 0) is 68.6 Å². The molecule has 2 heterocycles. The second-order valence-corrected chi connectivity index (χ2v) is 7.43. The van der Waals surface area contributed by atoms with Crippen LogP contribution in [0.4, 0.5) is 10.1 Å². The Morgan fingerprint density at radius 3 is 2.72 bits per heavy atom. The first kappa shape index (κ1) is 21.0. The minimum Gasteiger partial charge on any atom is -0.496 e. The third kappa shape index (κ3) is 5.64. The standard InChI is InChI=1S/C12H16FNO.C11H12N2O/c1-14-12(5-6-12)8-9-7-10(13)3-4-11(9)15-2;14-9-10-8-11(4-5-12-10)13-6-2-1-3-7-13/h3-4,7,14H,5-6,8H2,1-2H3;1-2,4-5,8-9H,3,6-7H2. The van der Waals surface area contributed by atoms with E-state index >= 15 is 0 Å². The van der Waals surface area contributed by atoms with Crippen molar-refractivity contribution in [2.24, 2.45) is 0 Å². The van der Waals surface area contributed by atoms with Gasteiger partial charge >= 0.3 is 0 Å². The Kier molecular flexibility index (Phi) is 6.99. The van der Waals surface area contributed by atoms with Gasteiger partial charge in [0.1, 0.15) is 17.3 Å². The van der Waals surface area contributed by atoms with Gasteiger partial charge in [0.15, 0.2) is 6.29 Å². The fourth-order valence-corrected chi connectivity index (χ4v) is 3.49. The maximum Gasteiger partial charge on any atom is 0.168 e. The van der Waals surface area contributed by atoms with Crippen molar-refractivity contribution < 1.29 is 13.9 Å². The van der Waals surface area contributed by atoms with E-state index in [0.717, 1.165) is 62.1 Å². The highest BCUT2D eigenvalue weighted by molar-refractivity contribution is 5.74. The van der Waals surface area contributed by atoms with Gasteiger partial charge in [0.25, 0.3) is 0 Å². The molecule has 1 fully saturated rings. The van der Waals surface area contributed by atoms with E-state index in [1.807, 2.05) is 19.2 Å². The summed E-state index contributed by atoms with van der Waals surface area (Å²) in [6, 6.07) is 8.45. The number of pyridine rings is 1. The fourth-order valence-electron chi connectivity index (χ4n) is 3.49. The number of likely N-dealkylation sites (N-methyl/N-ethyl adjacent to an activating group) is 1. The van der Waals surface area contributed by atoms with Crippen molar-refractivity contribution in [2.45, 2.75) is 31.2 Å². The molecule has 2 aliphatic rings. The molecule has 0 unspecified atom stereocenters. The van der Waals surface area contributed by atoms with Crippen molar-refractivity contribution in [2.75, 3.05) is 32.1 Å². The van der Waals surface area contributed by atoms with Gasteiger partial charge in [-0.1, -0.05) is 12.2 Å². The zero-order valence-electron chi connectivity index (χ0n) is 17.0. The second-order valence-electron chi connectivity index (χ2n) is 7.43. The topological polar surface area (TPSA) is 54.5 Å². The number of nitrogens with one attached hydrogen (secondary N) is 1. The average Bonchev–Trinajstić information content (AvgIpc) is 3.55. The lowest BCUT2D eigenvalue weighted by Crippen LogP contribution is -2.29. The van der Waals surface area contributed by atoms with Crippen LogP contribution < -0.4 is 15.0 Å². The molecule has 6 heteroatoms. The molecule has 1 saturated carbocycles. The van der Waals surface area contributed by atoms with E-state index in [9.17, 15) is 9.18 Å². The van der Waals surface area contributed by atoms with Gasteiger partial charge in [-0.25, -0.2) is 4.39 Å². The number of benzene rings is 1. The van der Waals surface area contributed by atoms with Crippen molar-refractivity contribution in [3.63, 3.8) is 0 Å². The molecule has 0 saturated heterocycles. The lowest BCUT2D eigenvalue weighted by atomic mass is 10.0. The van der Waals surface area contributed by atoms with Crippen LogP contribution in [0.15, 0.2) is 48.7 Å². The third-order valence-electron chi connectivity index (χ3n) is 5.46. The van der Waals surface area contributed by atoms with Crippen molar-refractivity contribution >= 4 is 12.0 Å². The Morgan fingerprint density at radius 1 is 1.28 bits per heavy atom. The number of ether oxygens (including phenoxy) is 1. The van der Waals surface area contributed by atoms with Crippen molar-refractivity contribution in [1.82, 2.24) is 10.3 Å². The molecule has 0 radical (unpaired) electrons. The minimum absolute atomic E-state index is 0.182. The number of aldehydes is 1. The summed E-state index contributed by atoms with van der Waals surface area (Å²) in [7, 11) is 3.58. The minimum atomic E-state index is -0.197. The lowest BCUT2D eigenvalue weighted by molar-refractivity contribution is 0.111. The van der Waals surface area contributed by atoms with Crippen LogP contribution in [0.5, 0.6) is 5.75 Å². The summed E-state index contributed by atoms with van der Waals surface area (Å²) in [4.78, 5) is 16.7. The SMILES string of the molecule is CNC1(Cc2cc(F)ccc2OC)CC1.O=Cc1cc(N2CC=CCC2)ccn1. The van der Waals surface area contributed by atoms with Gasteiger partial charge in [-0.15, -0.1) is 0 Å². The second kappa shape index (κ2) is 9.65. The van der Waals surface area contributed by atoms with Gasteiger partial charge in [-0.3, -0.25) is 9.78 Å². The van der Waals surface area contributed by atoms with Crippen LogP contribution in [0.1, 0.15) is 35.3 Å². The average molecular weight is 397 g/mol. The van der Waals surface area contributed by atoms with Gasteiger partial charge in [0.05, 0.1) is 7.11 Å². The highest BCUT2D eigenvalue weighted by Gasteiger charge is 2.41. The molecule has 1 aromatic carbocycles. The summed E-state index contributed by atoms with van der Waals surface area (Å²) in [5, 5.41) is 3.29. The predicted octanol–water partition coefficient (Wildman–Crippen LogP) is 3.79. The van der Waals surface area contributed by atoms with Crippen molar-refractivity contribution in [3.05, 3.63) is 65.8 Å². The van der Waals surface area contributed by atoms with Crippen LogP contribution in [-0.2, 0) is 6.42 Å². The maximum absolute atomic E-state index is 13.1. The smallest absolute Gasteiger partial charge is 0.168 e. The number of hydrogen-bond acceptors (Lipinski definition) is 5. The molecule has 5 nitrogen and oxygen atoms in total. The van der Waals surface area contributed by atoms with Crippen molar-refractivity contribution in [3.8, 4) is 5.75 Å². The van der Waals surface area contributed by atoms with E-state index in [4.69, 9.17) is 4.74 Å². The normalized spacial score (nSPS) is 16.6. The highest BCUT2D eigenvalue weighted by Crippen LogP contribution is 2.40. The number of methoxy groups -OCH3 is 1. The van der Waals surface area contributed by atoms with Crippen LogP contribution in [0, 0.1) is 5.82 Å². The van der Waals surface area contributed by atoms with Gasteiger partial charge in [0, 0.05) is 30.5 Å². The van der Waals surface area contributed by atoms with E-state index in [-0.39, 0.29) is 11.4 Å².